The van der Waals surface area contributed by atoms with Crippen molar-refractivity contribution in [2.75, 3.05) is 19.7 Å². The Morgan fingerprint density at radius 3 is 3.00 bits per heavy atom. The lowest BCUT2D eigenvalue weighted by molar-refractivity contribution is 0.203. The quantitative estimate of drug-likeness (QED) is 0.678. The van der Waals surface area contributed by atoms with Crippen LogP contribution in [0.15, 0.2) is 25.0 Å². The number of hydrogen-bond acceptors (Lipinski definition) is 3. The Hall–Kier alpha value is -1.13. The molecule has 0 amide bonds. The molecule has 84 valence electrons. The zero-order chi connectivity index (χ0) is 11.1. The Labute approximate surface area is 90.8 Å². The van der Waals surface area contributed by atoms with Gasteiger partial charge >= 0.3 is 0 Å². The minimum absolute atomic E-state index is 0.176. The molecule has 1 aromatic heterocycles. The average molecular weight is 209 g/mol. The van der Waals surface area contributed by atoms with Crippen molar-refractivity contribution < 1.29 is 5.11 Å². The van der Waals surface area contributed by atoms with Crippen molar-refractivity contribution in [3.63, 3.8) is 0 Å². The van der Waals surface area contributed by atoms with Gasteiger partial charge in [0.25, 0.3) is 0 Å². The second kappa shape index (κ2) is 6.37. The van der Waals surface area contributed by atoms with E-state index in [0.717, 1.165) is 19.6 Å². The molecule has 1 aromatic rings. The number of aliphatic hydroxyl groups is 1. The molecule has 0 saturated carbocycles. The Bertz CT molecular complexity index is 296. The number of hydrogen-bond donors (Lipinski definition) is 1. The molecule has 0 aliphatic heterocycles. The van der Waals surface area contributed by atoms with Crippen molar-refractivity contribution in [2.24, 2.45) is 0 Å². The molecule has 4 nitrogen and oxygen atoms in total. The molecular weight excluding hydrogens is 190 g/mol. The first-order valence-electron chi connectivity index (χ1n) is 5.25. The van der Waals surface area contributed by atoms with E-state index in [9.17, 15) is 0 Å². The molecule has 0 radical (unpaired) electrons. The second-order valence-corrected chi connectivity index (χ2v) is 3.45. The van der Waals surface area contributed by atoms with Crippen LogP contribution in [0.2, 0.25) is 0 Å². The first kappa shape index (κ1) is 11.9. The van der Waals surface area contributed by atoms with Crippen molar-refractivity contribution in [3.8, 4) is 0 Å². The first-order valence-corrected chi connectivity index (χ1v) is 5.25. The highest BCUT2D eigenvalue weighted by molar-refractivity contribution is 5.03. The van der Waals surface area contributed by atoms with Crippen LogP contribution in [0.5, 0.6) is 0 Å². The fraction of sp³-hybridized carbons (Fsp3) is 0.545. The summed E-state index contributed by atoms with van der Waals surface area (Å²) in [4.78, 5) is 2.13. The second-order valence-electron chi connectivity index (χ2n) is 3.45. The van der Waals surface area contributed by atoms with Gasteiger partial charge < -0.3 is 5.11 Å². The molecule has 0 spiro atoms. The molecule has 0 atom stereocenters. The summed E-state index contributed by atoms with van der Waals surface area (Å²) >= 11 is 0. The number of nitrogens with zero attached hydrogens (tertiary/aromatic N) is 3. The van der Waals surface area contributed by atoms with Crippen molar-refractivity contribution in [1.29, 1.82) is 0 Å². The average Bonchev–Trinajstić information content (AvgIpc) is 2.66. The fourth-order valence-electron chi connectivity index (χ4n) is 1.48. The van der Waals surface area contributed by atoms with E-state index >= 15 is 0 Å². The van der Waals surface area contributed by atoms with Gasteiger partial charge in [-0.05, 0) is 6.92 Å². The van der Waals surface area contributed by atoms with Crippen LogP contribution < -0.4 is 0 Å². The molecule has 0 saturated heterocycles. The van der Waals surface area contributed by atoms with Gasteiger partial charge in [0.2, 0.25) is 0 Å². The van der Waals surface area contributed by atoms with Crippen LogP contribution in [0.25, 0.3) is 0 Å². The molecule has 4 heteroatoms. The van der Waals surface area contributed by atoms with Crippen LogP contribution in [-0.4, -0.2) is 39.5 Å². The SMILES string of the molecule is C=CCN(CCO)Cc1cnn(CC)c1. The fourth-order valence-corrected chi connectivity index (χ4v) is 1.48. The van der Waals surface area contributed by atoms with Gasteiger partial charge in [0.05, 0.1) is 12.8 Å². The van der Waals surface area contributed by atoms with Gasteiger partial charge in [0.1, 0.15) is 0 Å². The van der Waals surface area contributed by atoms with Gasteiger partial charge in [0, 0.05) is 37.9 Å². The van der Waals surface area contributed by atoms with Crippen molar-refractivity contribution >= 4 is 0 Å². The Morgan fingerprint density at radius 1 is 1.67 bits per heavy atom. The minimum atomic E-state index is 0.176. The molecule has 0 fully saturated rings. The summed E-state index contributed by atoms with van der Waals surface area (Å²) in [6, 6.07) is 0. The largest absolute Gasteiger partial charge is 0.395 e. The zero-order valence-electron chi connectivity index (χ0n) is 9.26. The summed E-state index contributed by atoms with van der Waals surface area (Å²) in [6.45, 7) is 9.10. The van der Waals surface area contributed by atoms with Crippen LogP contribution in [0, 0.1) is 0 Å². The maximum absolute atomic E-state index is 8.90. The van der Waals surface area contributed by atoms with Crippen LogP contribution in [0.4, 0.5) is 0 Å². The summed E-state index contributed by atoms with van der Waals surface area (Å²) in [6.07, 6.45) is 5.75. The maximum atomic E-state index is 8.90. The maximum Gasteiger partial charge on any atom is 0.0558 e. The van der Waals surface area contributed by atoms with E-state index in [0.29, 0.717) is 6.54 Å². The predicted molar refractivity (Wildman–Crippen MR) is 60.5 cm³/mol. The van der Waals surface area contributed by atoms with E-state index in [4.69, 9.17) is 5.11 Å². The zero-order valence-corrected chi connectivity index (χ0v) is 9.26. The van der Waals surface area contributed by atoms with Crippen LogP contribution in [-0.2, 0) is 13.1 Å². The van der Waals surface area contributed by atoms with E-state index in [-0.39, 0.29) is 6.61 Å². The van der Waals surface area contributed by atoms with Crippen LogP contribution in [0.3, 0.4) is 0 Å². The number of aliphatic hydroxyl groups excluding tert-OH is 1. The highest BCUT2D eigenvalue weighted by Crippen LogP contribution is 2.03. The number of rotatable bonds is 7. The summed E-state index contributed by atoms with van der Waals surface area (Å²) in [5, 5.41) is 13.1. The lowest BCUT2D eigenvalue weighted by Crippen LogP contribution is -2.26. The molecule has 1 rings (SSSR count). The molecule has 15 heavy (non-hydrogen) atoms. The Balaban J connectivity index is 2.52. The normalized spacial score (nSPS) is 10.9. The molecule has 0 unspecified atom stereocenters. The summed E-state index contributed by atoms with van der Waals surface area (Å²) in [7, 11) is 0. The third-order valence-electron chi connectivity index (χ3n) is 2.22. The smallest absolute Gasteiger partial charge is 0.0558 e. The van der Waals surface area contributed by atoms with E-state index in [1.807, 2.05) is 23.2 Å². The van der Waals surface area contributed by atoms with Gasteiger partial charge in [-0.25, -0.2) is 0 Å². The van der Waals surface area contributed by atoms with Crippen molar-refractivity contribution in [3.05, 3.63) is 30.6 Å². The molecular formula is C11H19N3O. The van der Waals surface area contributed by atoms with Gasteiger partial charge in [-0.1, -0.05) is 6.08 Å². The van der Waals surface area contributed by atoms with E-state index in [2.05, 4.69) is 23.5 Å². The van der Waals surface area contributed by atoms with E-state index in [1.165, 1.54) is 5.56 Å². The molecule has 0 aliphatic carbocycles. The van der Waals surface area contributed by atoms with Gasteiger partial charge in [-0.3, -0.25) is 9.58 Å². The first-order chi connectivity index (χ1) is 7.30. The Kier molecular flexibility index (Phi) is 5.07. The molecule has 0 aliphatic rings. The number of aromatic nitrogens is 2. The predicted octanol–water partition coefficient (Wildman–Crippen LogP) is 0.883. The van der Waals surface area contributed by atoms with Gasteiger partial charge in [-0.2, -0.15) is 5.10 Å². The highest BCUT2D eigenvalue weighted by atomic mass is 16.3. The third kappa shape index (κ3) is 3.85. The molecule has 1 heterocycles. The lowest BCUT2D eigenvalue weighted by atomic mass is 10.3. The highest BCUT2D eigenvalue weighted by Gasteiger charge is 2.05. The number of aryl methyl sites for hydroxylation is 1. The van der Waals surface area contributed by atoms with E-state index in [1.54, 1.807) is 0 Å². The summed E-state index contributed by atoms with van der Waals surface area (Å²) < 4.78 is 1.90. The van der Waals surface area contributed by atoms with Gasteiger partial charge in [-0.15, -0.1) is 6.58 Å². The summed E-state index contributed by atoms with van der Waals surface area (Å²) in [5.74, 6) is 0. The van der Waals surface area contributed by atoms with Crippen LogP contribution >= 0.6 is 0 Å². The van der Waals surface area contributed by atoms with Crippen LogP contribution in [0.1, 0.15) is 12.5 Å². The topological polar surface area (TPSA) is 41.3 Å². The standard InChI is InChI=1S/C11H19N3O/c1-3-5-13(6-7-15)9-11-8-12-14(4-2)10-11/h3,8,10,15H,1,4-7,9H2,2H3. The summed E-state index contributed by atoms with van der Waals surface area (Å²) in [5.41, 5.74) is 1.17. The molecule has 0 aromatic carbocycles. The van der Waals surface area contributed by atoms with E-state index < -0.39 is 0 Å². The lowest BCUT2D eigenvalue weighted by Gasteiger charge is -2.17. The van der Waals surface area contributed by atoms with Crippen molar-refractivity contribution in [1.82, 2.24) is 14.7 Å². The van der Waals surface area contributed by atoms with Crippen molar-refractivity contribution in [2.45, 2.75) is 20.0 Å². The van der Waals surface area contributed by atoms with Gasteiger partial charge in [0.15, 0.2) is 0 Å². The third-order valence-corrected chi connectivity index (χ3v) is 2.22. The Morgan fingerprint density at radius 2 is 2.47 bits per heavy atom. The monoisotopic (exact) mass is 209 g/mol. The molecule has 1 N–H and O–H groups in total. The minimum Gasteiger partial charge on any atom is -0.395 e. The molecule has 0 bridgehead atoms.